The molecule has 102 valence electrons. The molecule has 0 aromatic heterocycles. The average Bonchev–Trinajstić information content (AvgIpc) is 2.46. The number of esters is 1. The van der Waals surface area contributed by atoms with Gasteiger partial charge in [0.15, 0.2) is 0 Å². The molecule has 19 heavy (non-hydrogen) atoms. The van der Waals surface area contributed by atoms with Crippen LogP contribution in [0.3, 0.4) is 0 Å². The highest BCUT2D eigenvalue weighted by Gasteiger charge is 2.31. The second-order valence-corrected chi connectivity index (χ2v) is 4.99. The zero-order valence-electron chi connectivity index (χ0n) is 10.7. The Labute approximate surface area is 112 Å². The van der Waals surface area contributed by atoms with Crippen LogP contribution in [0.4, 0.5) is 0 Å². The van der Waals surface area contributed by atoms with Crippen molar-refractivity contribution in [1.29, 1.82) is 0 Å². The molecule has 0 bridgehead atoms. The molecule has 0 saturated heterocycles. The van der Waals surface area contributed by atoms with Gasteiger partial charge in [0.25, 0.3) is 0 Å². The Hall–Kier alpha value is -1.84. The Bertz CT molecular complexity index is 441. The minimum Gasteiger partial charge on any atom is -0.481 e. The van der Waals surface area contributed by atoms with Gasteiger partial charge in [0.05, 0.1) is 11.8 Å². The van der Waals surface area contributed by atoms with Crippen molar-refractivity contribution in [1.82, 2.24) is 0 Å². The molecular weight excluding hydrogens is 244 g/mol. The standard InChI is InChI=1S/C15H18O4/c16-14(17)12-7-4-8-13(9-12)15(18)19-10-11-5-2-1-3-6-11/h1-3,5-6,12-13H,4,7-10H2,(H,16,17)/t12-,13-/m1/s1. The molecule has 0 heterocycles. The van der Waals surface area contributed by atoms with Gasteiger partial charge in [-0.25, -0.2) is 0 Å². The zero-order valence-corrected chi connectivity index (χ0v) is 10.7. The maximum Gasteiger partial charge on any atom is 0.309 e. The lowest BCUT2D eigenvalue weighted by atomic mass is 9.81. The molecule has 1 aliphatic carbocycles. The summed E-state index contributed by atoms with van der Waals surface area (Å²) in [5.41, 5.74) is 0.946. The van der Waals surface area contributed by atoms with Crippen molar-refractivity contribution in [2.75, 3.05) is 0 Å². The molecular formula is C15H18O4. The Morgan fingerprint density at radius 1 is 1.16 bits per heavy atom. The van der Waals surface area contributed by atoms with E-state index in [9.17, 15) is 9.59 Å². The fourth-order valence-corrected chi connectivity index (χ4v) is 2.47. The van der Waals surface area contributed by atoms with E-state index in [2.05, 4.69) is 0 Å². The lowest BCUT2D eigenvalue weighted by molar-refractivity contribution is -0.153. The van der Waals surface area contributed by atoms with Gasteiger partial charge in [-0.3, -0.25) is 9.59 Å². The smallest absolute Gasteiger partial charge is 0.309 e. The molecule has 0 radical (unpaired) electrons. The predicted octanol–water partition coefficient (Wildman–Crippen LogP) is 2.62. The van der Waals surface area contributed by atoms with Crippen molar-refractivity contribution >= 4 is 11.9 Å². The first kappa shape index (κ1) is 13.6. The van der Waals surface area contributed by atoms with Crippen LogP contribution in [0.5, 0.6) is 0 Å². The summed E-state index contributed by atoms with van der Waals surface area (Å²) in [7, 11) is 0. The molecule has 1 N–H and O–H groups in total. The number of hydrogen-bond donors (Lipinski definition) is 1. The van der Waals surface area contributed by atoms with Gasteiger partial charge in [-0.15, -0.1) is 0 Å². The summed E-state index contributed by atoms with van der Waals surface area (Å²) in [4.78, 5) is 22.9. The van der Waals surface area contributed by atoms with E-state index in [1.807, 2.05) is 30.3 Å². The van der Waals surface area contributed by atoms with Gasteiger partial charge in [-0.05, 0) is 24.8 Å². The van der Waals surface area contributed by atoms with Crippen LogP contribution in [-0.2, 0) is 20.9 Å². The molecule has 0 amide bonds. The highest BCUT2D eigenvalue weighted by Crippen LogP contribution is 2.30. The van der Waals surface area contributed by atoms with Crippen LogP contribution in [0.15, 0.2) is 30.3 Å². The predicted molar refractivity (Wildman–Crippen MR) is 69.3 cm³/mol. The maximum absolute atomic E-state index is 11.9. The van der Waals surface area contributed by atoms with E-state index >= 15 is 0 Å². The number of carbonyl (C=O) groups is 2. The van der Waals surface area contributed by atoms with Crippen LogP contribution < -0.4 is 0 Å². The molecule has 0 unspecified atom stereocenters. The Morgan fingerprint density at radius 2 is 1.84 bits per heavy atom. The van der Waals surface area contributed by atoms with Crippen LogP contribution >= 0.6 is 0 Å². The number of benzene rings is 1. The summed E-state index contributed by atoms with van der Waals surface area (Å²) in [5, 5.41) is 8.99. The lowest BCUT2D eigenvalue weighted by Crippen LogP contribution is -2.28. The Kier molecular flexibility index (Phi) is 4.55. The van der Waals surface area contributed by atoms with E-state index in [-0.39, 0.29) is 18.5 Å². The third-order valence-electron chi connectivity index (χ3n) is 3.58. The van der Waals surface area contributed by atoms with Crippen molar-refractivity contribution in [3.8, 4) is 0 Å². The average molecular weight is 262 g/mol. The van der Waals surface area contributed by atoms with Gasteiger partial charge in [0.2, 0.25) is 0 Å². The minimum atomic E-state index is -0.805. The SMILES string of the molecule is O=C(O)[C@@H]1CCC[C@@H](C(=O)OCc2ccccc2)C1. The molecule has 1 aliphatic rings. The van der Waals surface area contributed by atoms with E-state index in [0.717, 1.165) is 18.4 Å². The fraction of sp³-hybridized carbons (Fsp3) is 0.467. The number of hydrogen-bond acceptors (Lipinski definition) is 3. The second kappa shape index (κ2) is 6.36. The molecule has 1 fully saturated rings. The van der Waals surface area contributed by atoms with Crippen molar-refractivity contribution < 1.29 is 19.4 Å². The van der Waals surface area contributed by atoms with Crippen LogP contribution in [0.25, 0.3) is 0 Å². The van der Waals surface area contributed by atoms with Crippen molar-refractivity contribution in [2.24, 2.45) is 11.8 Å². The van der Waals surface area contributed by atoms with E-state index < -0.39 is 11.9 Å². The summed E-state index contributed by atoms with van der Waals surface area (Å²) in [6.45, 7) is 0.258. The van der Waals surface area contributed by atoms with Crippen LogP contribution in [-0.4, -0.2) is 17.0 Å². The van der Waals surface area contributed by atoms with Gasteiger partial charge < -0.3 is 9.84 Å². The molecule has 1 aromatic carbocycles. The minimum absolute atomic E-state index is 0.258. The molecule has 1 saturated carbocycles. The Balaban J connectivity index is 1.84. The summed E-state index contributed by atoms with van der Waals surface area (Å²) in [6, 6.07) is 9.49. The quantitative estimate of drug-likeness (QED) is 0.847. The first-order valence-corrected chi connectivity index (χ1v) is 6.60. The first-order valence-electron chi connectivity index (χ1n) is 6.60. The summed E-state index contributed by atoms with van der Waals surface area (Å²) < 4.78 is 5.26. The van der Waals surface area contributed by atoms with Gasteiger partial charge in [0.1, 0.15) is 6.61 Å². The topological polar surface area (TPSA) is 63.6 Å². The van der Waals surface area contributed by atoms with Gasteiger partial charge >= 0.3 is 11.9 Å². The highest BCUT2D eigenvalue weighted by molar-refractivity contribution is 5.75. The number of carboxylic acids is 1. The molecule has 2 atom stereocenters. The largest absolute Gasteiger partial charge is 0.481 e. The van der Waals surface area contributed by atoms with E-state index in [1.165, 1.54) is 0 Å². The summed E-state index contributed by atoms with van der Waals surface area (Å²) in [5.74, 6) is -1.74. The third-order valence-corrected chi connectivity index (χ3v) is 3.58. The number of carbonyl (C=O) groups excluding carboxylic acids is 1. The van der Waals surface area contributed by atoms with Crippen LogP contribution in [0, 0.1) is 11.8 Å². The molecule has 0 spiro atoms. The lowest BCUT2D eigenvalue weighted by Gasteiger charge is -2.25. The van der Waals surface area contributed by atoms with Crippen molar-refractivity contribution in [3.05, 3.63) is 35.9 Å². The maximum atomic E-state index is 11.9. The fourth-order valence-electron chi connectivity index (χ4n) is 2.47. The van der Waals surface area contributed by atoms with E-state index in [0.29, 0.717) is 12.8 Å². The number of rotatable bonds is 4. The van der Waals surface area contributed by atoms with Crippen molar-refractivity contribution in [2.45, 2.75) is 32.3 Å². The normalized spacial score (nSPS) is 22.7. The van der Waals surface area contributed by atoms with Crippen LogP contribution in [0.2, 0.25) is 0 Å². The molecule has 1 aromatic rings. The summed E-state index contributed by atoms with van der Waals surface area (Å²) >= 11 is 0. The zero-order chi connectivity index (χ0) is 13.7. The molecule has 0 aliphatic heterocycles. The molecule has 4 heteroatoms. The van der Waals surface area contributed by atoms with Crippen molar-refractivity contribution in [3.63, 3.8) is 0 Å². The summed E-state index contributed by atoms with van der Waals surface area (Å²) in [6.07, 6.45) is 2.58. The van der Waals surface area contributed by atoms with Gasteiger partial charge in [-0.1, -0.05) is 36.8 Å². The number of ether oxygens (including phenoxy) is 1. The molecule has 2 rings (SSSR count). The Morgan fingerprint density at radius 3 is 2.53 bits per heavy atom. The number of aliphatic carboxylic acids is 1. The number of carboxylic acid groups (broad SMARTS) is 1. The third kappa shape index (κ3) is 3.81. The highest BCUT2D eigenvalue weighted by atomic mass is 16.5. The monoisotopic (exact) mass is 262 g/mol. The van der Waals surface area contributed by atoms with E-state index in [1.54, 1.807) is 0 Å². The van der Waals surface area contributed by atoms with Crippen LogP contribution in [0.1, 0.15) is 31.2 Å². The van der Waals surface area contributed by atoms with Gasteiger partial charge in [-0.2, -0.15) is 0 Å². The van der Waals surface area contributed by atoms with E-state index in [4.69, 9.17) is 9.84 Å². The second-order valence-electron chi connectivity index (χ2n) is 4.99. The first-order chi connectivity index (χ1) is 9.16. The van der Waals surface area contributed by atoms with Gasteiger partial charge in [0, 0.05) is 0 Å². The molecule has 4 nitrogen and oxygen atoms in total.